The molecule has 0 amide bonds. The van der Waals surface area contributed by atoms with E-state index < -0.39 is 0 Å². The number of aromatic nitrogens is 2. The number of benzene rings is 1. The van der Waals surface area contributed by atoms with Crippen LogP contribution in [-0.2, 0) is 0 Å². The Morgan fingerprint density at radius 3 is 2.76 bits per heavy atom. The number of likely N-dealkylation sites (tertiary alicyclic amines) is 1. The second kappa shape index (κ2) is 4.30. The molecule has 88 valence electrons. The van der Waals surface area contributed by atoms with Gasteiger partial charge in [-0.05, 0) is 32.1 Å². The van der Waals surface area contributed by atoms with Crippen molar-refractivity contribution in [2.75, 3.05) is 20.1 Å². The van der Waals surface area contributed by atoms with Gasteiger partial charge in [-0.1, -0.05) is 18.2 Å². The van der Waals surface area contributed by atoms with E-state index in [1.54, 1.807) is 0 Å². The third-order valence-corrected chi connectivity index (χ3v) is 3.20. The number of hydrogen-bond donors (Lipinski definition) is 0. The highest BCUT2D eigenvalue weighted by Crippen LogP contribution is 2.27. The summed E-state index contributed by atoms with van der Waals surface area (Å²) in [4.78, 5) is 2.29. The highest BCUT2D eigenvalue weighted by atomic mass is 16.4. The smallest absolute Gasteiger partial charge is 0.247 e. The number of nitrogens with zero attached hydrogens (tertiary/aromatic N) is 3. The van der Waals surface area contributed by atoms with Gasteiger partial charge in [-0.3, -0.25) is 0 Å². The topological polar surface area (TPSA) is 42.2 Å². The first-order chi connectivity index (χ1) is 8.33. The molecule has 1 saturated heterocycles. The van der Waals surface area contributed by atoms with Crippen LogP contribution in [-0.4, -0.2) is 35.2 Å². The van der Waals surface area contributed by atoms with Crippen molar-refractivity contribution >= 4 is 0 Å². The van der Waals surface area contributed by atoms with Gasteiger partial charge >= 0.3 is 0 Å². The molecule has 0 saturated carbocycles. The Morgan fingerprint density at radius 1 is 1.24 bits per heavy atom. The maximum Gasteiger partial charge on any atom is 0.247 e. The molecule has 1 unspecified atom stereocenters. The molecule has 17 heavy (non-hydrogen) atoms. The molecule has 4 nitrogen and oxygen atoms in total. The minimum absolute atomic E-state index is 0.393. The molecule has 1 fully saturated rings. The molecule has 0 spiro atoms. The van der Waals surface area contributed by atoms with Crippen molar-refractivity contribution in [3.63, 3.8) is 0 Å². The second-order valence-corrected chi connectivity index (χ2v) is 4.56. The van der Waals surface area contributed by atoms with Crippen LogP contribution < -0.4 is 0 Å². The Labute approximate surface area is 100 Å². The maximum absolute atomic E-state index is 5.75. The summed E-state index contributed by atoms with van der Waals surface area (Å²) in [6.07, 6.45) is 1.10. The number of hydrogen-bond acceptors (Lipinski definition) is 4. The predicted molar refractivity (Wildman–Crippen MR) is 64.6 cm³/mol. The van der Waals surface area contributed by atoms with Crippen molar-refractivity contribution in [1.82, 2.24) is 15.1 Å². The van der Waals surface area contributed by atoms with Crippen LogP contribution in [0.25, 0.3) is 11.5 Å². The van der Waals surface area contributed by atoms with E-state index in [1.165, 1.54) is 0 Å². The lowest BCUT2D eigenvalue weighted by Gasteiger charge is -2.05. The molecular formula is C13H15N3O. The van der Waals surface area contributed by atoms with Crippen LogP contribution in [0.4, 0.5) is 0 Å². The van der Waals surface area contributed by atoms with E-state index in [-0.39, 0.29) is 0 Å². The first-order valence-corrected chi connectivity index (χ1v) is 5.90. The third kappa shape index (κ3) is 2.08. The van der Waals surface area contributed by atoms with Crippen molar-refractivity contribution in [2.45, 2.75) is 12.3 Å². The van der Waals surface area contributed by atoms with Gasteiger partial charge < -0.3 is 9.32 Å². The zero-order valence-electron chi connectivity index (χ0n) is 9.84. The largest absolute Gasteiger partial charge is 0.420 e. The Bertz CT molecular complexity index is 494. The molecular weight excluding hydrogens is 214 g/mol. The molecule has 3 rings (SSSR count). The van der Waals surface area contributed by atoms with Crippen LogP contribution in [0.3, 0.4) is 0 Å². The quantitative estimate of drug-likeness (QED) is 0.791. The minimum Gasteiger partial charge on any atom is -0.420 e. The normalized spacial score (nSPS) is 20.9. The van der Waals surface area contributed by atoms with E-state index in [9.17, 15) is 0 Å². The van der Waals surface area contributed by atoms with Crippen LogP contribution in [0.2, 0.25) is 0 Å². The molecule has 0 radical (unpaired) electrons. The molecule has 1 aliphatic rings. The summed E-state index contributed by atoms with van der Waals surface area (Å²) in [6, 6.07) is 9.90. The lowest BCUT2D eigenvalue weighted by molar-refractivity contribution is 0.394. The molecule has 2 aromatic rings. The van der Waals surface area contributed by atoms with Gasteiger partial charge in [0.25, 0.3) is 0 Å². The first-order valence-electron chi connectivity index (χ1n) is 5.90. The van der Waals surface area contributed by atoms with Gasteiger partial charge in [-0.15, -0.1) is 10.2 Å². The Balaban J connectivity index is 1.84. The Hall–Kier alpha value is -1.68. The maximum atomic E-state index is 5.75. The first kappa shape index (κ1) is 10.5. The fourth-order valence-corrected chi connectivity index (χ4v) is 2.23. The fourth-order valence-electron chi connectivity index (χ4n) is 2.23. The second-order valence-electron chi connectivity index (χ2n) is 4.56. The van der Waals surface area contributed by atoms with Crippen LogP contribution in [0.5, 0.6) is 0 Å². The van der Waals surface area contributed by atoms with E-state index in [2.05, 4.69) is 22.1 Å². The van der Waals surface area contributed by atoms with Gasteiger partial charge in [0.1, 0.15) is 0 Å². The Morgan fingerprint density at radius 2 is 2.06 bits per heavy atom. The van der Waals surface area contributed by atoms with Crippen LogP contribution >= 0.6 is 0 Å². The van der Waals surface area contributed by atoms with Crippen molar-refractivity contribution in [1.29, 1.82) is 0 Å². The molecule has 1 aliphatic heterocycles. The molecule has 1 aromatic carbocycles. The van der Waals surface area contributed by atoms with E-state index in [4.69, 9.17) is 4.42 Å². The van der Waals surface area contributed by atoms with Crippen LogP contribution in [0.1, 0.15) is 18.2 Å². The van der Waals surface area contributed by atoms with Gasteiger partial charge in [-0.2, -0.15) is 0 Å². The summed E-state index contributed by atoms with van der Waals surface area (Å²) >= 11 is 0. The van der Waals surface area contributed by atoms with Gasteiger partial charge in [0.2, 0.25) is 11.8 Å². The van der Waals surface area contributed by atoms with Gasteiger partial charge in [0.15, 0.2) is 0 Å². The van der Waals surface area contributed by atoms with Gasteiger partial charge in [0, 0.05) is 12.1 Å². The molecule has 0 aliphatic carbocycles. The summed E-state index contributed by atoms with van der Waals surface area (Å²) in [6.45, 7) is 2.12. The summed E-state index contributed by atoms with van der Waals surface area (Å²) < 4.78 is 5.75. The highest BCUT2D eigenvalue weighted by molar-refractivity contribution is 5.51. The third-order valence-electron chi connectivity index (χ3n) is 3.20. The lowest BCUT2D eigenvalue weighted by atomic mass is 10.1. The molecule has 1 atom stereocenters. The Kier molecular flexibility index (Phi) is 2.65. The number of rotatable bonds is 2. The minimum atomic E-state index is 0.393. The van der Waals surface area contributed by atoms with E-state index in [0.717, 1.165) is 31.0 Å². The average molecular weight is 229 g/mol. The van der Waals surface area contributed by atoms with E-state index >= 15 is 0 Å². The lowest BCUT2D eigenvalue weighted by Crippen LogP contribution is -2.13. The van der Waals surface area contributed by atoms with Crippen LogP contribution in [0, 0.1) is 0 Å². The molecule has 0 bridgehead atoms. The number of likely N-dealkylation sites (N-methyl/N-ethyl adjacent to an activating group) is 1. The zero-order valence-corrected chi connectivity index (χ0v) is 9.84. The van der Waals surface area contributed by atoms with Gasteiger partial charge in [-0.25, -0.2) is 0 Å². The van der Waals surface area contributed by atoms with Crippen molar-refractivity contribution in [3.05, 3.63) is 36.2 Å². The molecule has 1 aromatic heterocycles. The SMILES string of the molecule is CN1CCC(c2nnc(-c3ccccc3)o2)C1. The monoisotopic (exact) mass is 229 g/mol. The predicted octanol–water partition coefficient (Wildman–Crippen LogP) is 2.16. The molecule has 2 heterocycles. The van der Waals surface area contributed by atoms with Crippen molar-refractivity contribution < 1.29 is 4.42 Å². The van der Waals surface area contributed by atoms with E-state index in [0.29, 0.717) is 11.8 Å². The van der Waals surface area contributed by atoms with Crippen molar-refractivity contribution in [2.24, 2.45) is 0 Å². The summed E-state index contributed by atoms with van der Waals surface area (Å²) in [7, 11) is 2.12. The summed E-state index contributed by atoms with van der Waals surface area (Å²) in [5.41, 5.74) is 0.984. The van der Waals surface area contributed by atoms with Crippen molar-refractivity contribution in [3.8, 4) is 11.5 Å². The summed E-state index contributed by atoms with van der Waals surface area (Å²) in [5, 5.41) is 8.29. The highest BCUT2D eigenvalue weighted by Gasteiger charge is 2.26. The summed E-state index contributed by atoms with van der Waals surface area (Å²) in [5.74, 6) is 1.79. The molecule has 0 N–H and O–H groups in total. The average Bonchev–Trinajstić information content (AvgIpc) is 2.98. The molecule has 4 heteroatoms. The standard InChI is InChI=1S/C13H15N3O/c1-16-8-7-11(9-16)13-15-14-12(17-13)10-5-3-2-4-6-10/h2-6,11H,7-9H2,1H3. The van der Waals surface area contributed by atoms with Crippen LogP contribution in [0.15, 0.2) is 34.7 Å². The fraction of sp³-hybridized carbons (Fsp3) is 0.385. The zero-order chi connectivity index (χ0) is 11.7. The van der Waals surface area contributed by atoms with E-state index in [1.807, 2.05) is 30.3 Å². The van der Waals surface area contributed by atoms with Gasteiger partial charge in [0.05, 0.1) is 5.92 Å².